The van der Waals surface area contributed by atoms with Gasteiger partial charge in [-0.25, -0.2) is 0 Å². The summed E-state index contributed by atoms with van der Waals surface area (Å²) < 4.78 is 5.92. The number of ketones is 1. The fourth-order valence-electron chi connectivity index (χ4n) is 3.47. The minimum absolute atomic E-state index is 0.0449. The number of quaternary nitrogens is 1. The van der Waals surface area contributed by atoms with E-state index in [2.05, 4.69) is 11.9 Å². The largest absolute Gasteiger partial charge is 0.872 e. The van der Waals surface area contributed by atoms with Crippen molar-refractivity contribution in [3.63, 3.8) is 0 Å². The lowest BCUT2D eigenvalue weighted by atomic mass is 10.0. The molecule has 0 amide bonds. The summed E-state index contributed by atoms with van der Waals surface area (Å²) in [6, 6.07) is 5.12. The number of benzene rings is 1. The highest BCUT2D eigenvalue weighted by atomic mass is 32.1. The van der Waals surface area contributed by atoms with E-state index in [0.717, 1.165) is 36.6 Å². The molecule has 2 aliphatic heterocycles. The van der Waals surface area contributed by atoms with E-state index in [1.54, 1.807) is 23.5 Å². The highest BCUT2D eigenvalue weighted by Crippen LogP contribution is 2.38. The number of fused-ring (bicyclic) bond motifs is 1. The Morgan fingerprint density at radius 3 is 2.77 bits per heavy atom. The van der Waals surface area contributed by atoms with Gasteiger partial charge >= 0.3 is 0 Å². The number of carbonyl (C=O) groups is 1. The second-order valence-electron chi connectivity index (χ2n) is 7.06. The Hall–Kier alpha value is -2.15. The van der Waals surface area contributed by atoms with Crippen LogP contribution in [0.2, 0.25) is 0 Å². The van der Waals surface area contributed by atoms with Gasteiger partial charge in [0.25, 0.3) is 0 Å². The van der Waals surface area contributed by atoms with E-state index in [1.165, 1.54) is 11.0 Å². The lowest BCUT2D eigenvalue weighted by Gasteiger charge is -2.30. The third-order valence-corrected chi connectivity index (χ3v) is 6.15. The van der Waals surface area contributed by atoms with Gasteiger partial charge < -0.3 is 14.7 Å². The number of Topliss-reactive ketones (excluding diaryl/α,β-unsaturated/α-hetero) is 1. The summed E-state index contributed by atoms with van der Waals surface area (Å²) in [5, 5.41) is 14.5. The van der Waals surface area contributed by atoms with Gasteiger partial charge in [-0.15, -0.1) is 11.3 Å². The van der Waals surface area contributed by atoms with Gasteiger partial charge in [0, 0.05) is 29.6 Å². The predicted octanol–water partition coefficient (Wildman–Crippen LogP) is 1.08. The van der Waals surface area contributed by atoms with Crippen molar-refractivity contribution in [3.05, 3.63) is 50.9 Å². The van der Waals surface area contributed by atoms with Gasteiger partial charge in [-0.3, -0.25) is 9.69 Å². The number of hydrogen-bond acceptors (Lipinski definition) is 5. The van der Waals surface area contributed by atoms with Crippen molar-refractivity contribution in [3.8, 4) is 11.5 Å². The van der Waals surface area contributed by atoms with Crippen LogP contribution in [0.4, 0.5) is 0 Å². The first-order valence-electron chi connectivity index (χ1n) is 8.86. The number of piperazine rings is 1. The number of likely N-dealkylation sites (N-methyl/N-ethyl adjacent to an activating group) is 1. The maximum absolute atomic E-state index is 12.7. The van der Waals surface area contributed by atoms with Crippen molar-refractivity contribution in [1.82, 2.24) is 4.90 Å². The molecule has 2 aliphatic rings. The van der Waals surface area contributed by atoms with Gasteiger partial charge in [-0.05, 0) is 37.0 Å². The average molecular weight is 370 g/mol. The number of hydrogen-bond donors (Lipinski definition) is 1. The first-order chi connectivity index (χ1) is 12.5. The molecule has 5 nitrogen and oxygen atoms in total. The van der Waals surface area contributed by atoms with Gasteiger partial charge in [0.2, 0.25) is 5.78 Å². The molecule has 0 spiro atoms. The van der Waals surface area contributed by atoms with Crippen LogP contribution < -0.4 is 14.7 Å². The van der Waals surface area contributed by atoms with Crippen molar-refractivity contribution < 1.29 is 19.5 Å². The van der Waals surface area contributed by atoms with Crippen molar-refractivity contribution in [2.24, 2.45) is 0 Å². The Bertz CT molecular complexity index is 879. The van der Waals surface area contributed by atoms with Crippen LogP contribution in [0.3, 0.4) is 0 Å². The molecule has 26 heavy (non-hydrogen) atoms. The van der Waals surface area contributed by atoms with E-state index in [-0.39, 0.29) is 11.5 Å². The van der Waals surface area contributed by atoms with E-state index in [0.29, 0.717) is 29.2 Å². The summed E-state index contributed by atoms with van der Waals surface area (Å²) in [4.78, 5) is 17.4. The molecule has 136 valence electrons. The molecule has 4 rings (SSSR count). The molecule has 1 aromatic heterocycles. The van der Waals surface area contributed by atoms with Crippen molar-refractivity contribution >= 4 is 23.2 Å². The normalized spacial score (nSPS) is 19.8. The standard InChI is InChI=1S/C20H22N2O3S/c1-13-5-10-26-18(13)11-17-19(24)14-3-4-16(23)15(20(14)25-17)12-22-8-6-21(2)7-9-22/h3-5,10-11,23H,6-9,12H2,1-2H3. The monoisotopic (exact) mass is 370 g/mol. The molecule has 1 N–H and O–H groups in total. The van der Waals surface area contributed by atoms with Gasteiger partial charge in [-0.1, -0.05) is 11.8 Å². The Morgan fingerprint density at radius 2 is 2.08 bits per heavy atom. The fourth-order valence-corrected chi connectivity index (χ4v) is 4.32. The Balaban J connectivity index is 1.63. The number of aryl methyl sites for hydroxylation is 1. The van der Waals surface area contributed by atoms with Crippen LogP contribution in [0, 0.1) is 6.92 Å². The summed E-state index contributed by atoms with van der Waals surface area (Å²) in [6.45, 7) is 6.62. The van der Waals surface area contributed by atoms with Gasteiger partial charge in [0.05, 0.1) is 18.7 Å². The summed E-state index contributed by atoms with van der Waals surface area (Å²) in [5.74, 6) is 0.596. The minimum atomic E-state index is -0.137. The van der Waals surface area contributed by atoms with Crippen molar-refractivity contribution in [2.75, 3.05) is 33.2 Å². The first-order valence-corrected chi connectivity index (χ1v) is 9.74. The second-order valence-corrected chi connectivity index (χ2v) is 8.00. The zero-order valence-corrected chi connectivity index (χ0v) is 15.8. The third-order valence-electron chi connectivity index (χ3n) is 5.18. The average Bonchev–Trinajstić information content (AvgIpc) is 3.17. The topological polar surface area (TPSA) is 57.0 Å². The van der Waals surface area contributed by atoms with E-state index in [9.17, 15) is 9.90 Å². The van der Waals surface area contributed by atoms with Crippen LogP contribution in [-0.2, 0) is 6.54 Å². The smallest absolute Gasteiger partial charge is 0.232 e. The maximum Gasteiger partial charge on any atom is 0.232 e. The Labute approximate surface area is 157 Å². The lowest BCUT2D eigenvalue weighted by Crippen LogP contribution is -3.13. The molecule has 1 saturated heterocycles. The molecule has 0 saturated carbocycles. The lowest BCUT2D eigenvalue weighted by molar-refractivity contribution is -0.918. The molecule has 2 aromatic rings. The molecule has 0 bridgehead atoms. The quantitative estimate of drug-likeness (QED) is 0.822. The first kappa shape index (κ1) is 17.3. The number of nitrogens with zero attached hydrogens (tertiary/aromatic N) is 1. The number of carbonyl (C=O) groups excluding carboxylic acids is 1. The molecular formula is C20H22N2O3S. The van der Waals surface area contributed by atoms with Crippen LogP contribution in [0.5, 0.6) is 11.5 Å². The maximum atomic E-state index is 12.7. The van der Waals surface area contributed by atoms with Crippen LogP contribution in [0.25, 0.3) is 6.08 Å². The van der Waals surface area contributed by atoms with Gasteiger partial charge in [-0.2, -0.15) is 0 Å². The molecule has 3 heterocycles. The number of ether oxygens (including phenoxy) is 1. The van der Waals surface area contributed by atoms with Crippen molar-refractivity contribution in [1.29, 1.82) is 0 Å². The third kappa shape index (κ3) is 3.16. The molecule has 0 radical (unpaired) electrons. The summed E-state index contributed by atoms with van der Waals surface area (Å²) in [7, 11) is 2.11. The summed E-state index contributed by atoms with van der Waals surface area (Å²) in [6.07, 6.45) is 1.79. The second kappa shape index (κ2) is 6.87. The van der Waals surface area contributed by atoms with Gasteiger partial charge in [0.1, 0.15) is 12.3 Å². The predicted molar refractivity (Wildman–Crippen MR) is 99.8 cm³/mol. The van der Waals surface area contributed by atoms with Gasteiger partial charge in [0.15, 0.2) is 5.76 Å². The van der Waals surface area contributed by atoms with Crippen LogP contribution >= 0.6 is 11.3 Å². The van der Waals surface area contributed by atoms with E-state index >= 15 is 0 Å². The molecule has 0 unspecified atom stereocenters. The molecular weight excluding hydrogens is 348 g/mol. The number of nitrogens with one attached hydrogen (secondary N) is 1. The summed E-state index contributed by atoms with van der Waals surface area (Å²) >= 11 is 1.57. The highest BCUT2D eigenvalue weighted by Gasteiger charge is 2.31. The van der Waals surface area contributed by atoms with Crippen LogP contribution in [0.15, 0.2) is 29.3 Å². The van der Waals surface area contributed by atoms with Crippen LogP contribution in [-0.4, -0.2) is 43.9 Å². The molecule has 0 atom stereocenters. The van der Waals surface area contributed by atoms with Crippen LogP contribution in [0.1, 0.15) is 26.4 Å². The Morgan fingerprint density at radius 1 is 1.31 bits per heavy atom. The fraction of sp³-hybridized carbons (Fsp3) is 0.350. The Kier molecular flexibility index (Phi) is 4.56. The van der Waals surface area contributed by atoms with E-state index < -0.39 is 0 Å². The highest BCUT2D eigenvalue weighted by molar-refractivity contribution is 7.11. The number of thiophene rings is 1. The number of allylic oxidation sites excluding steroid dienone is 1. The molecule has 0 aliphatic carbocycles. The van der Waals surface area contributed by atoms with E-state index in [4.69, 9.17) is 4.74 Å². The molecule has 6 heteroatoms. The molecule has 1 fully saturated rings. The zero-order valence-electron chi connectivity index (χ0n) is 15.0. The SMILES string of the molecule is Cc1ccsc1C=C1Oc2c(ccc([O-])c2C[NH+]2CCN(C)CC2)C1=O. The zero-order chi connectivity index (χ0) is 18.3. The van der Waals surface area contributed by atoms with Crippen molar-refractivity contribution in [2.45, 2.75) is 13.5 Å². The number of rotatable bonds is 3. The van der Waals surface area contributed by atoms with E-state index in [1.807, 2.05) is 18.4 Å². The molecule has 1 aromatic carbocycles. The summed E-state index contributed by atoms with van der Waals surface area (Å²) in [5.41, 5.74) is 2.25. The minimum Gasteiger partial charge on any atom is -0.872 e.